The maximum atomic E-state index is 12.4. The van der Waals surface area contributed by atoms with Crippen molar-refractivity contribution in [3.8, 4) is 11.4 Å². The van der Waals surface area contributed by atoms with E-state index in [-0.39, 0.29) is 17.7 Å². The number of pyridine rings is 1. The quantitative estimate of drug-likeness (QED) is 0.772. The van der Waals surface area contributed by atoms with E-state index in [0.717, 1.165) is 36.2 Å². The molecule has 4 rings (SSSR count). The fourth-order valence-electron chi connectivity index (χ4n) is 3.25. The van der Waals surface area contributed by atoms with E-state index in [2.05, 4.69) is 15.4 Å². The number of phenolic OH excluding ortho intramolecular Hbond substituents is 1. The summed E-state index contributed by atoms with van der Waals surface area (Å²) < 4.78 is 1.88. The van der Waals surface area contributed by atoms with Crippen molar-refractivity contribution in [2.45, 2.75) is 25.3 Å². The Bertz CT molecular complexity index is 888. The molecule has 1 atom stereocenters. The van der Waals surface area contributed by atoms with Crippen molar-refractivity contribution < 1.29 is 9.90 Å². The number of rotatable bonds is 3. The van der Waals surface area contributed by atoms with E-state index in [1.54, 1.807) is 36.5 Å². The number of aromatic hydroxyl groups is 1. The lowest BCUT2D eigenvalue weighted by atomic mass is 9.92. The minimum atomic E-state index is -0.171. The van der Waals surface area contributed by atoms with E-state index in [1.165, 1.54) is 0 Å². The van der Waals surface area contributed by atoms with Gasteiger partial charge in [-0.2, -0.15) is 5.10 Å². The molecule has 2 N–H and O–H groups in total. The summed E-state index contributed by atoms with van der Waals surface area (Å²) in [6, 6.07) is 12.2. The Balaban J connectivity index is 1.61. The third-order valence-electron chi connectivity index (χ3n) is 4.48. The molecule has 1 aliphatic rings. The van der Waals surface area contributed by atoms with Crippen LogP contribution in [0.25, 0.3) is 5.69 Å². The Morgan fingerprint density at radius 1 is 1.20 bits per heavy atom. The number of nitrogens with one attached hydrogen (secondary N) is 1. The molecule has 2 aromatic heterocycles. The van der Waals surface area contributed by atoms with E-state index in [9.17, 15) is 9.90 Å². The van der Waals surface area contributed by atoms with Crippen LogP contribution in [0, 0.1) is 0 Å². The first-order valence-electron chi connectivity index (χ1n) is 8.30. The Labute approximate surface area is 145 Å². The van der Waals surface area contributed by atoms with Crippen LogP contribution in [0.4, 0.5) is 0 Å². The van der Waals surface area contributed by atoms with Crippen molar-refractivity contribution in [2.75, 3.05) is 0 Å². The van der Waals surface area contributed by atoms with Crippen LogP contribution >= 0.6 is 0 Å². The van der Waals surface area contributed by atoms with E-state index >= 15 is 0 Å². The summed E-state index contributed by atoms with van der Waals surface area (Å²) in [6.07, 6.45) is 6.21. The number of amides is 1. The van der Waals surface area contributed by atoms with Gasteiger partial charge in [0.05, 0.1) is 17.9 Å². The minimum Gasteiger partial charge on any atom is -0.508 e. The lowest BCUT2D eigenvalue weighted by Gasteiger charge is -2.24. The van der Waals surface area contributed by atoms with Crippen LogP contribution in [0.15, 0.2) is 54.9 Å². The summed E-state index contributed by atoms with van der Waals surface area (Å²) >= 11 is 0. The zero-order valence-corrected chi connectivity index (χ0v) is 13.6. The van der Waals surface area contributed by atoms with Crippen LogP contribution < -0.4 is 5.32 Å². The Kier molecular flexibility index (Phi) is 3.93. The number of carbonyl (C=O) groups is 1. The summed E-state index contributed by atoms with van der Waals surface area (Å²) in [6.45, 7) is 0. The predicted octanol–water partition coefficient (Wildman–Crippen LogP) is 2.78. The van der Waals surface area contributed by atoms with Gasteiger partial charge in [-0.3, -0.25) is 9.78 Å². The fraction of sp³-hybridized carbons (Fsp3) is 0.211. The minimum absolute atomic E-state index is 0.0656. The number of hydrogen-bond acceptors (Lipinski definition) is 4. The van der Waals surface area contributed by atoms with Gasteiger partial charge in [0.1, 0.15) is 11.4 Å². The van der Waals surface area contributed by atoms with Crippen LogP contribution in [0.1, 0.15) is 40.6 Å². The fourth-order valence-corrected chi connectivity index (χ4v) is 3.25. The van der Waals surface area contributed by atoms with Crippen molar-refractivity contribution in [3.63, 3.8) is 0 Å². The summed E-state index contributed by atoms with van der Waals surface area (Å²) in [5.74, 6) is 0.0566. The van der Waals surface area contributed by atoms with Gasteiger partial charge in [-0.1, -0.05) is 6.07 Å². The SMILES string of the molecule is O=C(NC1CCCc2c1cnn2-c1ccc(O)cc1)c1ccccn1. The van der Waals surface area contributed by atoms with Crippen molar-refractivity contribution in [1.82, 2.24) is 20.1 Å². The summed E-state index contributed by atoms with van der Waals surface area (Å²) in [5, 5.41) is 17.0. The number of fused-ring (bicyclic) bond motifs is 1. The molecule has 25 heavy (non-hydrogen) atoms. The maximum Gasteiger partial charge on any atom is 0.270 e. The van der Waals surface area contributed by atoms with Gasteiger partial charge in [0, 0.05) is 17.5 Å². The van der Waals surface area contributed by atoms with Crippen LogP contribution in [0.3, 0.4) is 0 Å². The van der Waals surface area contributed by atoms with Gasteiger partial charge < -0.3 is 10.4 Å². The molecule has 1 aliphatic carbocycles. The molecule has 0 bridgehead atoms. The lowest BCUT2D eigenvalue weighted by Crippen LogP contribution is -2.31. The number of nitrogens with zero attached hydrogens (tertiary/aromatic N) is 3. The highest BCUT2D eigenvalue weighted by molar-refractivity contribution is 5.92. The summed E-state index contributed by atoms with van der Waals surface area (Å²) in [4.78, 5) is 16.5. The highest BCUT2D eigenvalue weighted by Crippen LogP contribution is 2.31. The predicted molar refractivity (Wildman–Crippen MR) is 92.6 cm³/mol. The Morgan fingerprint density at radius 2 is 2.04 bits per heavy atom. The van der Waals surface area contributed by atoms with Crippen LogP contribution in [0.5, 0.6) is 5.75 Å². The average Bonchev–Trinajstić information content (AvgIpc) is 3.08. The third-order valence-corrected chi connectivity index (χ3v) is 4.48. The first kappa shape index (κ1) is 15.4. The second kappa shape index (κ2) is 6.39. The molecule has 0 fully saturated rings. The molecule has 0 aliphatic heterocycles. The Hall–Kier alpha value is -3.15. The van der Waals surface area contributed by atoms with Crippen molar-refractivity contribution >= 4 is 5.91 Å². The number of hydrogen-bond donors (Lipinski definition) is 2. The zero-order chi connectivity index (χ0) is 17.2. The van der Waals surface area contributed by atoms with Gasteiger partial charge in [-0.05, 0) is 55.7 Å². The number of carbonyl (C=O) groups excluding carboxylic acids is 1. The van der Waals surface area contributed by atoms with Crippen molar-refractivity contribution in [1.29, 1.82) is 0 Å². The molecule has 1 amide bonds. The Morgan fingerprint density at radius 3 is 2.80 bits per heavy atom. The second-order valence-corrected chi connectivity index (χ2v) is 6.11. The van der Waals surface area contributed by atoms with Gasteiger partial charge in [0.15, 0.2) is 0 Å². The van der Waals surface area contributed by atoms with Crippen molar-refractivity contribution in [2.24, 2.45) is 0 Å². The molecule has 6 nitrogen and oxygen atoms in total. The van der Waals surface area contributed by atoms with E-state index in [0.29, 0.717) is 5.69 Å². The molecule has 6 heteroatoms. The monoisotopic (exact) mass is 334 g/mol. The van der Waals surface area contributed by atoms with Gasteiger partial charge in [-0.25, -0.2) is 4.68 Å². The van der Waals surface area contributed by atoms with E-state index in [4.69, 9.17) is 0 Å². The second-order valence-electron chi connectivity index (χ2n) is 6.11. The molecule has 2 heterocycles. The zero-order valence-electron chi connectivity index (χ0n) is 13.6. The number of phenols is 1. The van der Waals surface area contributed by atoms with Crippen LogP contribution in [-0.2, 0) is 6.42 Å². The van der Waals surface area contributed by atoms with Gasteiger partial charge in [-0.15, -0.1) is 0 Å². The summed E-state index contributed by atoms with van der Waals surface area (Å²) in [5.41, 5.74) is 3.46. The van der Waals surface area contributed by atoms with Gasteiger partial charge in [0.2, 0.25) is 0 Å². The molecule has 3 aromatic rings. The topological polar surface area (TPSA) is 80.0 Å². The normalized spacial score (nSPS) is 16.2. The molecule has 0 saturated carbocycles. The van der Waals surface area contributed by atoms with E-state index < -0.39 is 0 Å². The van der Waals surface area contributed by atoms with Crippen molar-refractivity contribution in [3.05, 3.63) is 71.8 Å². The molecule has 0 radical (unpaired) electrons. The first-order valence-corrected chi connectivity index (χ1v) is 8.30. The number of aromatic nitrogens is 3. The van der Waals surface area contributed by atoms with Crippen LogP contribution in [0.2, 0.25) is 0 Å². The molecule has 0 saturated heterocycles. The first-order chi connectivity index (χ1) is 12.2. The average molecular weight is 334 g/mol. The van der Waals surface area contributed by atoms with Gasteiger partial charge in [0.25, 0.3) is 5.91 Å². The van der Waals surface area contributed by atoms with Crippen LogP contribution in [-0.4, -0.2) is 25.8 Å². The third kappa shape index (κ3) is 2.98. The maximum absolute atomic E-state index is 12.4. The molecule has 1 aromatic carbocycles. The lowest BCUT2D eigenvalue weighted by molar-refractivity contribution is 0.0927. The number of benzene rings is 1. The summed E-state index contributed by atoms with van der Waals surface area (Å²) in [7, 11) is 0. The van der Waals surface area contributed by atoms with E-state index in [1.807, 2.05) is 23.0 Å². The molecule has 1 unspecified atom stereocenters. The molecule has 126 valence electrons. The molecule has 0 spiro atoms. The van der Waals surface area contributed by atoms with Gasteiger partial charge >= 0.3 is 0 Å². The highest BCUT2D eigenvalue weighted by atomic mass is 16.3. The highest BCUT2D eigenvalue weighted by Gasteiger charge is 2.26. The molecular formula is C19H18N4O2. The molecular weight excluding hydrogens is 316 g/mol. The standard InChI is InChI=1S/C19H18N4O2/c24-14-9-7-13(8-10-14)23-18-6-3-5-16(15(18)12-21-23)22-19(25)17-4-1-2-11-20-17/h1-2,4,7-12,16,24H,3,5-6H2,(H,22,25). The largest absolute Gasteiger partial charge is 0.508 e. The smallest absolute Gasteiger partial charge is 0.270 e.